The highest BCUT2D eigenvalue weighted by Gasteiger charge is 2.42. The number of hydrogen-bond acceptors (Lipinski definition) is 6. The highest BCUT2D eigenvalue weighted by atomic mass is 32.2. The summed E-state index contributed by atoms with van der Waals surface area (Å²) in [6.07, 6.45) is 1.49. The average molecular weight is 414 g/mol. The zero-order chi connectivity index (χ0) is 20.9. The Hall–Kier alpha value is -3.53. The molecule has 0 bridgehead atoms. The number of ether oxygens (including phenoxy) is 1. The van der Waals surface area contributed by atoms with Crippen LogP contribution in [0, 0.1) is 0 Å². The molecule has 0 unspecified atom stereocenters. The normalized spacial score (nSPS) is 15.3. The van der Waals surface area contributed by atoms with Gasteiger partial charge in [0.15, 0.2) is 11.5 Å². The van der Waals surface area contributed by atoms with Crippen molar-refractivity contribution in [3.63, 3.8) is 0 Å². The van der Waals surface area contributed by atoms with E-state index in [0.717, 1.165) is 4.31 Å². The molecular formula is C19H18N4O5S. The van der Waals surface area contributed by atoms with Crippen LogP contribution in [0.2, 0.25) is 0 Å². The predicted octanol–water partition coefficient (Wildman–Crippen LogP) is 2.08. The van der Waals surface area contributed by atoms with Gasteiger partial charge in [-0.3, -0.25) is 9.10 Å². The molecule has 9 nitrogen and oxygen atoms in total. The molecule has 3 aromatic rings. The number of aliphatic hydroxyl groups is 1. The van der Waals surface area contributed by atoms with E-state index in [1.807, 2.05) is 0 Å². The first-order chi connectivity index (χ1) is 13.8. The van der Waals surface area contributed by atoms with Crippen molar-refractivity contribution < 1.29 is 23.1 Å². The third-order valence-corrected chi connectivity index (χ3v) is 6.70. The number of amides is 1. The fraction of sp³-hybridized carbons (Fsp3) is 0.158. The van der Waals surface area contributed by atoms with Crippen LogP contribution < -0.4 is 10.1 Å². The largest absolute Gasteiger partial charge is 0.504 e. The van der Waals surface area contributed by atoms with Crippen molar-refractivity contribution in [2.45, 2.75) is 4.90 Å². The molecule has 0 aliphatic carbocycles. The summed E-state index contributed by atoms with van der Waals surface area (Å²) in [7, 11) is 0.215. The zero-order valence-corrected chi connectivity index (χ0v) is 16.7. The van der Waals surface area contributed by atoms with Crippen molar-refractivity contribution in [1.29, 1.82) is 0 Å². The zero-order valence-electron chi connectivity index (χ0n) is 15.9. The topological polar surface area (TPSA) is 114 Å². The third-order valence-electron chi connectivity index (χ3n) is 4.86. The number of rotatable bonds is 3. The van der Waals surface area contributed by atoms with E-state index in [4.69, 9.17) is 4.74 Å². The molecule has 0 fully saturated rings. The molecule has 0 saturated heterocycles. The number of aryl methyl sites for hydroxylation is 1. The lowest BCUT2D eigenvalue weighted by Crippen LogP contribution is -2.37. The number of fused-ring (bicyclic) bond motifs is 3. The SMILES string of the molecule is COc1ccc2c(c1)c1c(n2C)C(O)=C(C(=O)Nc2ccccn2)N(C)S1(=O)=O. The van der Waals surface area contributed by atoms with Crippen LogP contribution in [0.1, 0.15) is 5.69 Å². The van der Waals surface area contributed by atoms with Crippen molar-refractivity contribution >= 4 is 38.4 Å². The van der Waals surface area contributed by atoms with E-state index in [1.165, 1.54) is 24.9 Å². The Labute approximate surface area is 166 Å². The third kappa shape index (κ3) is 2.71. The molecular weight excluding hydrogens is 396 g/mol. The lowest BCUT2D eigenvalue weighted by molar-refractivity contribution is -0.113. The molecule has 2 aromatic heterocycles. The summed E-state index contributed by atoms with van der Waals surface area (Å²) >= 11 is 0. The number of pyridine rings is 1. The maximum atomic E-state index is 13.3. The van der Waals surface area contributed by atoms with Crippen molar-refractivity contribution in [1.82, 2.24) is 13.9 Å². The summed E-state index contributed by atoms with van der Waals surface area (Å²) in [5.74, 6) is -0.522. The Morgan fingerprint density at radius 2 is 1.97 bits per heavy atom. The number of carbonyl (C=O) groups is 1. The minimum absolute atomic E-state index is 0.0394. The van der Waals surface area contributed by atoms with Crippen LogP contribution in [0.15, 0.2) is 53.2 Å². The van der Waals surface area contributed by atoms with Gasteiger partial charge in [0.25, 0.3) is 15.9 Å². The van der Waals surface area contributed by atoms with Crippen LogP contribution in [-0.4, -0.2) is 47.4 Å². The van der Waals surface area contributed by atoms with Gasteiger partial charge < -0.3 is 19.7 Å². The molecule has 10 heteroatoms. The van der Waals surface area contributed by atoms with Gasteiger partial charge in [0.2, 0.25) is 0 Å². The standard InChI is InChI=1S/C19H18N4O5S/c1-22-13-8-7-11(28-3)10-12(13)18-15(22)17(24)16(23(2)29(18,26)27)19(25)21-14-6-4-5-9-20-14/h4-10,24H,1-3H3,(H,20,21,25). The van der Waals surface area contributed by atoms with E-state index in [-0.39, 0.29) is 22.1 Å². The summed E-state index contributed by atoms with van der Waals surface area (Å²) < 4.78 is 34.1. The Morgan fingerprint density at radius 1 is 1.21 bits per heavy atom. The highest BCUT2D eigenvalue weighted by Crippen LogP contribution is 2.41. The second-order valence-electron chi connectivity index (χ2n) is 6.46. The first-order valence-electron chi connectivity index (χ1n) is 8.58. The van der Waals surface area contributed by atoms with Gasteiger partial charge >= 0.3 is 0 Å². The number of benzene rings is 1. The fourth-order valence-electron chi connectivity index (χ4n) is 3.43. The predicted molar refractivity (Wildman–Crippen MR) is 107 cm³/mol. The van der Waals surface area contributed by atoms with Crippen LogP contribution in [0.3, 0.4) is 0 Å². The maximum Gasteiger partial charge on any atom is 0.278 e. The molecule has 0 radical (unpaired) electrons. The van der Waals surface area contributed by atoms with Crippen LogP contribution >= 0.6 is 0 Å². The van der Waals surface area contributed by atoms with E-state index < -0.39 is 21.7 Å². The van der Waals surface area contributed by atoms with Crippen molar-refractivity contribution in [3.05, 3.63) is 54.0 Å². The number of likely N-dealkylation sites (N-methyl/N-ethyl adjacent to an activating group) is 1. The van der Waals surface area contributed by atoms with E-state index in [1.54, 1.807) is 43.4 Å². The van der Waals surface area contributed by atoms with Crippen LogP contribution in [0.25, 0.3) is 16.7 Å². The summed E-state index contributed by atoms with van der Waals surface area (Å²) in [5, 5.41) is 13.8. The number of anilines is 1. The Balaban J connectivity index is 1.96. The van der Waals surface area contributed by atoms with Gasteiger partial charge in [-0.25, -0.2) is 13.4 Å². The van der Waals surface area contributed by atoms with Crippen LogP contribution in [-0.2, 0) is 21.9 Å². The van der Waals surface area contributed by atoms with Gasteiger partial charge in [0.05, 0.1) is 12.6 Å². The molecule has 1 aliphatic heterocycles. The number of sulfonamides is 1. The number of hydrogen-bond donors (Lipinski definition) is 2. The van der Waals surface area contributed by atoms with Crippen LogP contribution in [0.5, 0.6) is 5.75 Å². The van der Waals surface area contributed by atoms with Gasteiger partial charge in [0, 0.05) is 25.7 Å². The van der Waals surface area contributed by atoms with Crippen molar-refractivity contribution in [2.24, 2.45) is 7.05 Å². The summed E-state index contributed by atoms with van der Waals surface area (Å²) in [6.45, 7) is 0. The Kier molecular flexibility index (Phi) is 4.23. The number of aliphatic hydroxyl groups excluding tert-OH is 1. The Morgan fingerprint density at radius 3 is 2.62 bits per heavy atom. The molecule has 0 spiro atoms. The number of carbonyl (C=O) groups excluding carboxylic acids is 1. The molecule has 29 heavy (non-hydrogen) atoms. The van der Waals surface area contributed by atoms with E-state index >= 15 is 0 Å². The lowest BCUT2D eigenvalue weighted by Gasteiger charge is -2.27. The van der Waals surface area contributed by atoms with E-state index in [2.05, 4.69) is 10.3 Å². The molecule has 1 aromatic carbocycles. The highest BCUT2D eigenvalue weighted by molar-refractivity contribution is 7.89. The van der Waals surface area contributed by atoms with E-state index in [9.17, 15) is 18.3 Å². The summed E-state index contributed by atoms with van der Waals surface area (Å²) in [4.78, 5) is 16.7. The van der Waals surface area contributed by atoms with Gasteiger partial charge in [-0.15, -0.1) is 0 Å². The maximum absolute atomic E-state index is 13.3. The second-order valence-corrected chi connectivity index (χ2v) is 8.36. The van der Waals surface area contributed by atoms with Crippen molar-refractivity contribution in [3.8, 4) is 5.75 Å². The monoisotopic (exact) mass is 414 g/mol. The molecule has 0 saturated carbocycles. The quantitative estimate of drug-likeness (QED) is 0.678. The van der Waals surface area contributed by atoms with E-state index in [0.29, 0.717) is 16.7 Å². The molecule has 1 amide bonds. The second kappa shape index (κ2) is 6.52. The first-order valence-corrected chi connectivity index (χ1v) is 10.0. The molecule has 1 aliphatic rings. The van der Waals surface area contributed by atoms with Gasteiger partial charge in [0.1, 0.15) is 22.2 Å². The molecule has 0 atom stereocenters. The number of aromatic nitrogens is 2. The number of nitrogens with zero attached hydrogens (tertiary/aromatic N) is 3. The van der Waals surface area contributed by atoms with Crippen LogP contribution in [0.4, 0.5) is 5.82 Å². The Bertz CT molecular complexity index is 1280. The smallest absolute Gasteiger partial charge is 0.278 e. The summed E-state index contributed by atoms with van der Waals surface area (Å²) in [5.41, 5.74) is 0.226. The number of nitrogens with one attached hydrogen (secondary N) is 1. The molecule has 4 rings (SSSR count). The summed E-state index contributed by atoms with van der Waals surface area (Å²) in [6, 6.07) is 9.89. The van der Waals surface area contributed by atoms with Gasteiger partial charge in [-0.2, -0.15) is 0 Å². The lowest BCUT2D eigenvalue weighted by atomic mass is 10.2. The fourth-order valence-corrected chi connectivity index (χ4v) is 5.03. The van der Waals surface area contributed by atoms with Crippen molar-refractivity contribution in [2.75, 3.05) is 19.5 Å². The average Bonchev–Trinajstić information content (AvgIpc) is 3.00. The van der Waals surface area contributed by atoms with Gasteiger partial charge in [-0.05, 0) is 30.3 Å². The minimum Gasteiger partial charge on any atom is -0.504 e. The minimum atomic E-state index is -4.11. The first kappa shape index (κ1) is 18.8. The molecule has 2 N–H and O–H groups in total. The molecule has 3 heterocycles. The number of methoxy groups -OCH3 is 1. The van der Waals surface area contributed by atoms with Gasteiger partial charge in [-0.1, -0.05) is 6.07 Å². The molecule has 150 valence electrons.